The lowest BCUT2D eigenvalue weighted by atomic mass is 9.60. The molecule has 0 aromatic carbocycles. The van der Waals surface area contributed by atoms with Crippen molar-refractivity contribution in [3.63, 3.8) is 0 Å². The van der Waals surface area contributed by atoms with E-state index in [9.17, 15) is 0 Å². The molecule has 1 spiro atoms. The van der Waals surface area contributed by atoms with Crippen molar-refractivity contribution in [2.45, 2.75) is 57.9 Å². The first-order valence-electron chi connectivity index (χ1n) is 6.48. The summed E-state index contributed by atoms with van der Waals surface area (Å²) in [6, 6.07) is 0.559. The van der Waals surface area contributed by atoms with Gasteiger partial charge < -0.3 is 5.73 Å². The Labute approximate surface area is 99.6 Å². The zero-order valence-electron chi connectivity index (χ0n) is 9.74. The fraction of sp³-hybridized carbons (Fsp3) is 1.00. The van der Waals surface area contributed by atoms with Crippen LogP contribution in [-0.2, 0) is 0 Å². The van der Waals surface area contributed by atoms with Gasteiger partial charge in [0.1, 0.15) is 0 Å². The highest BCUT2D eigenvalue weighted by Gasteiger charge is 2.56. The van der Waals surface area contributed by atoms with Crippen molar-refractivity contribution in [1.82, 2.24) is 0 Å². The summed E-state index contributed by atoms with van der Waals surface area (Å²) in [5.41, 5.74) is 7.09. The molecule has 2 bridgehead atoms. The highest BCUT2D eigenvalue weighted by atomic mass is 35.5. The molecule has 3 fully saturated rings. The maximum absolute atomic E-state index is 6.49. The summed E-state index contributed by atoms with van der Waals surface area (Å²) < 4.78 is 0. The van der Waals surface area contributed by atoms with E-state index in [-0.39, 0.29) is 12.4 Å². The van der Waals surface area contributed by atoms with Crippen molar-refractivity contribution in [3.05, 3.63) is 0 Å². The Morgan fingerprint density at radius 1 is 1.20 bits per heavy atom. The van der Waals surface area contributed by atoms with Gasteiger partial charge in [0.2, 0.25) is 0 Å². The lowest BCUT2D eigenvalue weighted by Gasteiger charge is -2.47. The van der Waals surface area contributed by atoms with Crippen LogP contribution < -0.4 is 5.73 Å². The van der Waals surface area contributed by atoms with Gasteiger partial charge in [-0.15, -0.1) is 12.4 Å². The van der Waals surface area contributed by atoms with Crippen molar-refractivity contribution < 1.29 is 0 Å². The Balaban J connectivity index is 0.000000853. The van der Waals surface area contributed by atoms with Crippen LogP contribution in [0, 0.1) is 23.2 Å². The van der Waals surface area contributed by atoms with Gasteiger partial charge in [-0.3, -0.25) is 0 Å². The predicted octanol–water partition coefficient (Wildman–Crippen LogP) is 3.36. The van der Waals surface area contributed by atoms with E-state index in [1.54, 1.807) is 0 Å². The second-order valence-electron chi connectivity index (χ2n) is 6.23. The Hall–Kier alpha value is 0.250. The van der Waals surface area contributed by atoms with Crippen LogP contribution in [0.1, 0.15) is 51.9 Å². The highest BCUT2D eigenvalue weighted by molar-refractivity contribution is 5.85. The quantitative estimate of drug-likeness (QED) is 0.677. The van der Waals surface area contributed by atoms with E-state index in [1.807, 2.05) is 0 Å². The Morgan fingerprint density at radius 3 is 2.60 bits per heavy atom. The van der Waals surface area contributed by atoms with Crippen molar-refractivity contribution >= 4 is 12.4 Å². The molecule has 0 radical (unpaired) electrons. The van der Waals surface area contributed by atoms with E-state index < -0.39 is 0 Å². The first kappa shape index (κ1) is 11.7. The number of hydrogen-bond donors (Lipinski definition) is 1. The molecule has 0 unspecified atom stereocenters. The van der Waals surface area contributed by atoms with Crippen LogP contribution in [0.3, 0.4) is 0 Å². The minimum absolute atomic E-state index is 0. The van der Waals surface area contributed by atoms with Gasteiger partial charge in [0, 0.05) is 6.04 Å². The summed E-state index contributed by atoms with van der Waals surface area (Å²) in [7, 11) is 0. The summed E-state index contributed by atoms with van der Waals surface area (Å²) in [6.45, 7) is 2.43. The molecular weight excluding hydrogens is 206 g/mol. The lowest BCUT2D eigenvalue weighted by Crippen LogP contribution is -2.48. The third kappa shape index (κ3) is 1.54. The van der Waals surface area contributed by atoms with Crippen LogP contribution >= 0.6 is 12.4 Å². The number of halogens is 1. The fourth-order valence-corrected chi connectivity index (χ4v) is 4.91. The molecule has 0 aliphatic heterocycles. The second kappa shape index (κ2) is 3.92. The minimum atomic E-state index is 0. The number of nitrogens with two attached hydrogens (primary N) is 1. The molecule has 0 aromatic rings. The molecule has 2 N–H and O–H groups in total. The number of rotatable bonds is 0. The SMILES string of the molecule is C[C@@H]1CCC[C@@]2(C1)[C@@H]1CC[C@@H](C1)[C@@H]2N.Cl. The molecule has 0 aromatic heterocycles. The Morgan fingerprint density at radius 2 is 2.00 bits per heavy atom. The third-order valence-electron chi connectivity index (χ3n) is 5.53. The smallest absolute Gasteiger partial charge is 0.0127 e. The molecule has 0 saturated heterocycles. The molecule has 0 amide bonds. The lowest BCUT2D eigenvalue weighted by molar-refractivity contribution is 0.0531. The molecule has 88 valence electrons. The van der Waals surface area contributed by atoms with E-state index in [0.29, 0.717) is 11.5 Å². The zero-order valence-corrected chi connectivity index (χ0v) is 10.6. The summed E-state index contributed by atoms with van der Waals surface area (Å²) in [4.78, 5) is 0. The van der Waals surface area contributed by atoms with Crippen molar-refractivity contribution in [3.8, 4) is 0 Å². The summed E-state index contributed by atoms with van der Waals surface area (Å²) in [5, 5.41) is 0. The average Bonchev–Trinajstić information content (AvgIpc) is 2.71. The summed E-state index contributed by atoms with van der Waals surface area (Å²) in [5.74, 6) is 2.84. The first-order valence-corrected chi connectivity index (χ1v) is 6.48. The van der Waals surface area contributed by atoms with Gasteiger partial charge in [-0.05, 0) is 55.3 Å². The zero-order chi connectivity index (χ0) is 9.76. The van der Waals surface area contributed by atoms with Gasteiger partial charge in [-0.25, -0.2) is 0 Å². The number of fused-ring (bicyclic) bond motifs is 3. The largest absolute Gasteiger partial charge is 0.327 e. The molecule has 0 heterocycles. The van der Waals surface area contributed by atoms with E-state index in [4.69, 9.17) is 5.73 Å². The first-order chi connectivity index (χ1) is 6.72. The third-order valence-corrected chi connectivity index (χ3v) is 5.53. The van der Waals surface area contributed by atoms with Crippen molar-refractivity contribution in [1.29, 1.82) is 0 Å². The maximum Gasteiger partial charge on any atom is 0.0127 e. The van der Waals surface area contributed by atoms with Crippen LogP contribution in [0.25, 0.3) is 0 Å². The molecule has 15 heavy (non-hydrogen) atoms. The molecule has 1 nitrogen and oxygen atoms in total. The maximum atomic E-state index is 6.49. The Kier molecular flexibility index (Phi) is 3.07. The summed E-state index contributed by atoms with van der Waals surface area (Å²) >= 11 is 0. The van der Waals surface area contributed by atoms with E-state index in [0.717, 1.165) is 17.8 Å². The van der Waals surface area contributed by atoms with Crippen LogP contribution in [0.2, 0.25) is 0 Å². The van der Waals surface area contributed by atoms with Crippen molar-refractivity contribution in [2.24, 2.45) is 28.9 Å². The molecule has 3 aliphatic carbocycles. The molecule has 3 aliphatic rings. The molecule has 3 saturated carbocycles. The highest BCUT2D eigenvalue weighted by Crippen LogP contribution is 2.61. The Bertz CT molecular complexity index is 239. The number of hydrogen-bond acceptors (Lipinski definition) is 1. The average molecular weight is 230 g/mol. The van der Waals surface area contributed by atoms with Crippen LogP contribution in [0.5, 0.6) is 0 Å². The predicted molar refractivity (Wildman–Crippen MR) is 66.1 cm³/mol. The van der Waals surface area contributed by atoms with Gasteiger partial charge in [0.25, 0.3) is 0 Å². The van der Waals surface area contributed by atoms with Gasteiger partial charge in [0.05, 0.1) is 0 Å². The van der Waals surface area contributed by atoms with Crippen LogP contribution in [-0.4, -0.2) is 6.04 Å². The van der Waals surface area contributed by atoms with Gasteiger partial charge in [-0.2, -0.15) is 0 Å². The monoisotopic (exact) mass is 229 g/mol. The topological polar surface area (TPSA) is 26.0 Å². The van der Waals surface area contributed by atoms with Gasteiger partial charge in [-0.1, -0.05) is 19.8 Å². The van der Waals surface area contributed by atoms with Crippen LogP contribution in [0.15, 0.2) is 0 Å². The van der Waals surface area contributed by atoms with E-state index in [2.05, 4.69) is 6.92 Å². The summed E-state index contributed by atoms with van der Waals surface area (Å²) in [6.07, 6.45) is 10.2. The van der Waals surface area contributed by atoms with Crippen molar-refractivity contribution in [2.75, 3.05) is 0 Å². The molecule has 3 rings (SSSR count). The molecule has 2 heteroatoms. The molecular formula is C13H24ClN. The van der Waals surface area contributed by atoms with Gasteiger partial charge in [0.15, 0.2) is 0 Å². The normalized spacial score (nSPS) is 53.2. The fourth-order valence-electron chi connectivity index (χ4n) is 4.91. The molecule has 5 atom stereocenters. The van der Waals surface area contributed by atoms with Gasteiger partial charge >= 0.3 is 0 Å². The second-order valence-corrected chi connectivity index (χ2v) is 6.23. The van der Waals surface area contributed by atoms with E-state index >= 15 is 0 Å². The van der Waals surface area contributed by atoms with Crippen LogP contribution in [0.4, 0.5) is 0 Å². The minimum Gasteiger partial charge on any atom is -0.327 e. The van der Waals surface area contributed by atoms with E-state index in [1.165, 1.54) is 44.9 Å². The standard InChI is InChI=1S/C13H23N.ClH/c1-9-3-2-6-13(8-9)11-5-4-10(7-11)12(13)14;/h9-12H,2-8,14H2,1H3;1H/t9-,10+,11-,12+,13-;/m1./s1.